The van der Waals surface area contributed by atoms with E-state index >= 15 is 0 Å². The monoisotopic (exact) mass is 376 g/mol. The van der Waals surface area contributed by atoms with Crippen LogP contribution in [0.1, 0.15) is 25.5 Å². The molecular weight excluding hydrogens is 361 g/mol. The van der Waals surface area contributed by atoms with Gasteiger partial charge in [-0.25, -0.2) is 9.78 Å². The van der Waals surface area contributed by atoms with E-state index in [9.17, 15) is 39.9 Å². The summed E-state index contributed by atoms with van der Waals surface area (Å²) in [7, 11) is 0. The minimum Gasteiger partial charge on any atom is -0.858 e. The second-order valence-electron chi connectivity index (χ2n) is 5.67. The molecule has 2 N–H and O–H groups in total. The van der Waals surface area contributed by atoms with E-state index in [1.165, 1.54) is 0 Å². The summed E-state index contributed by atoms with van der Waals surface area (Å²) in [5, 5.41) is 52.5. The number of aliphatic hydroxyl groups excluding tert-OH is 2. The standard InChI is InChI=1S/C14H18N2O9.3Li/c17-8-3-4-16(14(24)15-8)12-11(21)10(20)7(25-12)2-1-6(13(22)23)5-9(18)19;;;/h3-4,6-7,10-12,20-21H,1-2,5H2,(H,18,19)(H,22,23)(H,15,17,24);;;/q;3*+1/p-3/t6?,7-,10-,11-,12-;;;/m1.../s1. The molecule has 1 saturated heterocycles. The SMILES string of the molecule is O=C([O-])CC(CC[C@H]1O[C@@H](n2ccc([O-])nc2=O)[C@H](O)[C@@H]1O)C(=O)[O-].[Li+].[Li+].[Li+]. The van der Waals surface area contributed by atoms with Gasteiger partial charge in [0.1, 0.15) is 12.2 Å². The van der Waals surface area contributed by atoms with Gasteiger partial charge in [-0.1, -0.05) is 0 Å². The third-order valence-corrected chi connectivity index (χ3v) is 3.96. The van der Waals surface area contributed by atoms with Crippen LogP contribution in [0.3, 0.4) is 0 Å². The second kappa shape index (κ2) is 12.8. The van der Waals surface area contributed by atoms with E-state index in [0.717, 1.165) is 16.8 Å². The van der Waals surface area contributed by atoms with Crippen molar-refractivity contribution in [2.75, 3.05) is 0 Å². The Bertz CT molecular complexity index is 718. The van der Waals surface area contributed by atoms with E-state index in [0.29, 0.717) is 0 Å². The molecule has 11 nitrogen and oxygen atoms in total. The van der Waals surface area contributed by atoms with Crippen molar-refractivity contribution in [3.05, 3.63) is 22.7 Å². The van der Waals surface area contributed by atoms with Crippen LogP contribution in [0, 0.1) is 5.92 Å². The molecular formula is C14H15Li3N2O9. The maximum Gasteiger partial charge on any atom is 1.00 e. The zero-order valence-corrected chi connectivity index (χ0v) is 15.8. The Morgan fingerprint density at radius 1 is 1.21 bits per heavy atom. The van der Waals surface area contributed by atoms with Crippen molar-refractivity contribution in [2.45, 2.75) is 43.8 Å². The van der Waals surface area contributed by atoms with E-state index in [4.69, 9.17) is 4.74 Å². The van der Waals surface area contributed by atoms with Crippen molar-refractivity contribution < 1.29 is 96.4 Å². The first-order valence-electron chi connectivity index (χ1n) is 7.39. The van der Waals surface area contributed by atoms with Crippen LogP contribution in [0.15, 0.2) is 17.1 Å². The van der Waals surface area contributed by atoms with Crippen molar-refractivity contribution >= 4 is 11.9 Å². The van der Waals surface area contributed by atoms with Crippen LogP contribution in [0.2, 0.25) is 0 Å². The van der Waals surface area contributed by atoms with Crippen LogP contribution < -0.4 is 77.6 Å². The Labute approximate surface area is 195 Å². The Morgan fingerprint density at radius 3 is 2.32 bits per heavy atom. The molecule has 0 amide bonds. The number of rotatable bonds is 7. The summed E-state index contributed by atoms with van der Waals surface area (Å²) in [4.78, 5) is 36.3. The van der Waals surface area contributed by atoms with Crippen LogP contribution in [-0.4, -0.2) is 50.0 Å². The molecule has 0 aliphatic carbocycles. The van der Waals surface area contributed by atoms with Gasteiger partial charge in [0.15, 0.2) is 6.23 Å². The van der Waals surface area contributed by atoms with Crippen molar-refractivity contribution in [3.8, 4) is 5.88 Å². The molecule has 2 heterocycles. The molecule has 0 radical (unpaired) electrons. The van der Waals surface area contributed by atoms with Crippen LogP contribution in [0.4, 0.5) is 0 Å². The normalized spacial score (nSPS) is 24.2. The number of carboxylic acids is 2. The first kappa shape index (κ1) is 29.5. The van der Waals surface area contributed by atoms with E-state index in [-0.39, 0.29) is 69.4 Å². The number of carbonyl (C=O) groups is 2. The summed E-state index contributed by atoms with van der Waals surface area (Å²) in [6.45, 7) is 0. The molecule has 14 heteroatoms. The van der Waals surface area contributed by atoms with E-state index in [1.54, 1.807) is 0 Å². The number of ether oxygens (including phenoxy) is 1. The minimum absolute atomic E-state index is 0. The smallest absolute Gasteiger partial charge is 0.858 e. The molecule has 0 spiro atoms. The van der Waals surface area contributed by atoms with E-state index in [2.05, 4.69) is 4.98 Å². The van der Waals surface area contributed by atoms with Gasteiger partial charge in [-0.3, -0.25) is 4.57 Å². The topological polar surface area (TPSA) is 188 Å². The fourth-order valence-electron chi connectivity index (χ4n) is 2.66. The van der Waals surface area contributed by atoms with Gasteiger partial charge in [0.2, 0.25) is 0 Å². The zero-order valence-electron chi connectivity index (χ0n) is 15.8. The second-order valence-corrected chi connectivity index (χ2v) is 5.67. The molecule has 1 aliphatic heterocycles. The number of nitrogens with zero attached hydrogens (tertiary/aromatic N) is 2. The maximum absolute atomic E-state index is 11.7. The number of carbonyl (C=O) groups excluding carboxylic acids is 2. The summed E-state index contributed by atoms with van der Waals surface area (Å²) >= 11 is 0. The largest absolute Gasteiger partial charge is 1.00 e. The van der Waals surface area contributed by atoms with Gasteiger partial charge < -0.3 is 39.9 Å². The van der Waals surface area contributed by atoms with Gasteiger partial charge in [0.05, 0.1) is 6.10 Å². The molecule has 138 valence electrons. The van der Waals surface area contributed by atoms with Gasteiger partial charge in [-0.05, 0) is 31.2 Å². The van der Waals surface area contributed by atoms with Gasteiger partial charge in [-0.2, -0.15) is 0 Å². The fourth-order valence-corrected chi connectivity index (χ4v) is 2.66. The fraction of sp³-hybridized carbons (Fsp3) is 0.571. The predicted octanol–water partition coefficient (Wildman–Crippen LogP) is -13.8. The number of hydrogen-bond donors (Lipinski definition) is 2. The number of hydrogen-bond acceptors (Lipinski definition) is 10. The van der Waals surface area contributed by atoms with Crippen LogP contribution >= 0.6 is 0 Å². The maximum atomic E-state index is 11.7. The summed E-state index contributed by atoms with van der Waals surface area (Å²) < 4.78 is 6.20. The molecule has 1 unspecified atom stereocenters. The van der Waals surface area contributed by atoms with Crippen molar-refractivity contribution in [3.63, 3.8) is 0 Å². The molecule has 1 fully saturated rings. The molecule has 0 saturated carbocycles. The van der Waals surface area contributed by atoms with E-state index in [1.807, 2.05) is 0 Å². The predicted molar refractivity (Wildman–Crippen MR) is 71.2 cm³/mol. The summed E-state index contributed by atoms with van der Waals surface area (Å²) in [6.07, 6.45) is -5.36. The number of aromatic nitrogens is 2. The molecule has 2 rings (SSSR count). The van der Waals surface area contributed by atoms with Crippen molar-refractivity contribution in [1.29, 1.82) is 0 Å². The third-order valence-electron chi connectivity index (χ3n) is 3.96. The Kier molecular flexibility index (Phi) is 13.5. The number of aliphatic hydroxyl groups is 2. The van der Waals surface area contributed by atoms with Crippen LogP contribution in [0.5, 0.6) is 5.88 Å². The van der Waals surface area contributed by atoms with Crippen LogP contribution in [-0.2, 0) is 14.3 Å². The van der Waals surface area contributed by atoms with Crippen molar-refractivity contribution in [2.24, 2.45) is 5.92 Å². The molecule has 1 aromatic heterocycles. The molecule has 0 bridgehead atoms. The Balaban J connectivity index is 0. The minimum atomic E-state index is -1.58. The molecule has 1 aliphatic rings. The first-order chi connectivity index (χ1) is 11.7. The summed E-state index contributed by atoms with van der Waals surface area (Å²) in [6, 6.07) is 0.975. The Morgan fingerprint density at radius 2 is 1.82 bits per heavy atom. The van der Waals surface area contributed by atoms with Crippen LogP contribution in [0.25, 0.3) is 0 Å². The average Bonchev–Trinajstić information content (AvgIpc) is 2.79. The average molecular weight is 376 g/mol. The van der Waals surface area contributed by atoms with E-state index < -0.39 is 60.4 Å². The first-order valence-corrected chi connectivity index (χ1v) is 7.39. The quantitative estimate of drug-likeness (QED) is 0.432. The number of carboxylic acid groups (broad SMARTS) is 2. The summed E-state index contributed by atoms with van der Waals surface area (Å²) in [5.74, 6) is -5.26. The van der Waals surface area contributed by atoms with Gasteiger partial charge in [0, 0.05) is 24.1 Å². The Hall–Kier alpha value is -0.708. The number of aliphatic carboxylic acids is 2. The zero-order chi connectivity index (χ0) is 18.7. The van der Waals surface area contributed by atoms with Crippen molar-refractivity contribution in [1.82, 2.24) is 9.55 Å². The molecule has 5 atom stereocenters. The third kappa shape index (κ3) is 7.28. The van der Waals surface area contributed by atoms with Gasteiger partial charge in [0.25, 0.3) is 0 Å². The molecule has 28 heavy (non-hydrogen) atoms. The van der Waals surface area contributed by atoms with Gasteiger partial charge >= 0.3 is 62.3 Å². The molecule has 1 aromatic rings. The molecule has 0 aromatic carbocycles. The summed E-state index contributed by atoms with van der Waals surface area (Å²) in [5.41, 5.74) is -0.978. The van der Waals surface area contributed by atoms with Gasteiger partial charge in [-0.15, -0.1) is 0 Å².